The van der Waals surface area contributed by atoms with Crippen molar-refractivity contribution in [3.8, 4) is 0 Å². The van der Waals surface area contributed by atoms with Crippen molar-refractivity contribution >= 4 is 17.7 Å². The molecule has 0 aromatic heterocycles. The third-order valence-electron chi connectivity index (χ3n) is 4.38. The van der Waals surface area contributed by atoms with E-state index in [-0.39, 0.29) is 0 Å². The highest BCUT2D eigenvalue weighted by molar-refractivity contribution is 5.85. The van der Waals surface area contributed by atoms with E-state index in [0.29, 0.717) is 0 Å². The first-order valence-electron chi connectivity index (χ1n) is 7.88. The number of carboxylic acid groups (broad SMARTS) is 1. The lowest BCUT2D eigenvalue weighted by Gasteiger charge is -2.25. The summed E-state index contributed by atoms with van der Waals surface area (Å²) in [5.74, 6) is 0.869. The molecule has 21 heavy (non-hydrogen) atoms. The van der Waals surface area contributed by atoms with E-state index in [9.17, 15) is 4.79 Å². The molecule has 0 heterocycles. The van der Waals surface area contributed by atoms with Gasteiger partial charge >= 0.3 is 5.97 Å². The molecule has 1 aromatic rings. The van der Waals surface area contributed by atoms with E-state index in [1.165, 1.54) is 50.5 Å². The highest BCUT2D eigenvalue weighted by Gasteiger charge is 2.29. The van der Waals surface area contributed by atoms with Crippen molar-refractivity contribution in [1.29, 1.82) is 0 Å². The van der Waals surface area contributed by atoms with E-state index in [4.69, 9.17) is 5.11 Å². The van der Waals surface area contributed by atoms with Crippen molar-refractivity contribution in [1.82, 2.24) is 0 Å². The van der Waals surface area contributed by atoms with E-state index in [1.807, 2.05) is 6.07 Å². The number of hydrogen-bond donors (Lipinski definition) is 1. The van der Waals surface area contributed by atoms with E-state index in [1.54, 1.807) is 6.08 Å². The molecule has 0 aliphatic heterocycles. The fourth-order valence-corrected chi connectivity index (χ4v) is 2.71. The van der Waals surface area contributed by atoms with Gasteiger partial charge in [-0.05, 0) is 73.8 Å². The molecule has 2 fully saturated rings. The normalized spacial score (nSPS) is 18.1. The molecule has 0 bridgehead atoms. The van der Waals surface area contributed by atoms with Crippen molar-refractivity contribution in [2.24, 2.45) is 11.8 Å². The molecule has 0 saturated heterocycles. The molecular weight excluding hydrogens is 262 g/mol. The average Bonchev–Trinajstić information content (AvgIpc) is 3.31. The van der Waals surface area contributed by atoms with Crippen LogP contribution in [-0.2, 0) is 4.79 Å². The third kappa shape index (κ3) is 4.10. The van der Waals surface area contributed by atoms with Crippen LogP contribution < -0.4 is 4.90 Å². The fourth-order valence-electron chi connectivity index (χ4n) is 2.71. The van der Waals surface area contributed by atoms with Gasteiger partial charge in [0.05, 0.1) is 0 Å². The topological polar surface area (TPSA) is 40.5 Å². The maximum absolute atomic E-state index is 10.6. The molecule has 3 nitrogen and oxygen atoms in total. The standard InChI is InChI=1S/C18H23NO2/c1-13-10-17(8-6-16(13)7-9-18(20)21)19(11-14-2-3-14)12-15-4-5-15/h6-10,14-15H,2-5,11-12H2,1H3,(H,20,21). The predicted octanol–water partition coefficient (Wildman–Crippen LogP) is 3.72. The number of rotatable bonds is 7. The molecule has 0 amide bonds. The minimum Gasteiger partial charge on any atom is -0.478 e. The molecule has 2 aliphatic carbocycles. The van der Waals surface area contributed by atoms with Gasteiger partial charge in [-0.25, -0.2) is 4.79 Å². The van der Waals surface area contributed by atoms with Crippen molar-refractivity contribution < 1.29 is 9.90 Å². The highest BCUT2D eigenvalue weighted by Crippen LogP contribution is 2.36. The van der Waals surface area contributed by atoms with Crippen LogP contribution in [0.15, 0.2) is 24.3 Å². The minimum absolute atomic E-state index is 0.885. The van der Waals surface area contributed by atoms with Crippen LogP contribution in [0.4, 0.5) is 5.69 Å². The SMILES string of the molecule is Cc1cc(N(CC2CC2)CC2CC2)ccc1C=CC(=O)O. The van der Waals surface area contributed by atoms with Crippen LogP contribution in [0.1, 0.15) is 36.8 Å². The molecule has 1 aromatic carbocycles. The summed E-state index contributed by atoms with van der Waals surface area (Å²) in [5, 5.41) is 8.73. The van der Waals surface area contributed by atoms with Gasteiger partial charge in [-0.3, -0.25) is 0 Å². The van der Waals surface area contributed by atoms with Gasteiger partial charge in [0.15, 0.2) is 0 Å². The second kappa shape index (κ2) is 5.92. The minimum atomic E-state index is -0.900. The van der Waals surface area contributed by atoms with Crippen LogP contribution in [0, 0.1) is 18.8 Å². The first-order chi connectivity index (χ1) is 10.1. The quantitative estimate of drug-likeness (QED) is 0.776. The molecule has 1 N–H and O–H groups in total. The van der Waals surface area contributed by atoms with Crippen molar-refractivity contribution in [3.05, 3.63) is 35.4 Å². The molecule has 112 valence electrons. The second-order valence-corrected chi connectivity index (χ2v) is 6.50. The predicted molar refractivity (Wildman–Crippen MR) is 85.5 cm³/mol. The number of carboxylic acids is 1. The first kappa shape index (κ1) is 14.2. The van der Waals surface area contributed by atoms with Crippen LogP contribution in [0.5, 0.6) is 0 Å². The van der Waals surface area contributed by atoms with Crippen LogP contribution in [0.2, 0.25) is 0 Å². The molecule has 2 saturated carbocycles. The van der Waals surface area contributed by atoms with Crippen LogP contribution in [0.25, 0.3) is 6.08 Å². The summed E-state index contributed by atoms with van der Waals surface area (Å²) >= 11 is 0. The number of nitrogens with zero attached hydrogens (tertiary/aromatic N) is 1. The smallest absolute Gasteiger partial charge is 0.328 e. The van der Waals surface area contributed by atoms with Gasteiger partial charge in [-0.1, -0.05) is 6.07 Å². The van der Waals surface area contributed by atoms with Crippen molar-refractivity contribution in [2.45, 2.75) is 32.6 Å². The summed E-state index contributed by atoms with van der Waals surface area (Å²) in [5.41, 5.74) is 3.42. The maximum Gasteiger partial charge on any atom is 0.328 e. The molecule has 3 rings (SSSR count). The number of anilines is 1. The summed E-state index contributed by atoms with van der Waals surface area (Å²) in [6.07, 6.45) is 8.38. The molecule has 3 heteroatoms. The summed E-state index contributed by atoms with van der Waals surface area (Å²) < 4.78 is 0. The average molecular weight is 285 g/mol. The Labute approximate surface area is 126 Å². The summed E-state index contributed by atoms with van der Waals surface area (Å²) in [4.78, 5) is 13.2. The fraction of sp³-hybridized carbons (Fsp3) is 0.500. The first-order valence-corrected chi connectivity index (χ1v) is 7.88. The largest absolute Gasteiger partial charge is 0.478 e. The van der Waals surface area contributed by atoms with Crippen LogP contribution in [-0.4, -0.2) is 24.2 Å². The second-order valence-electron chi connectivity index (χ2n) is 6.50. The zero-order chi connectivity index (χ0) is 14.8. The molecule has 2 aliphatic rings. The lowest BCUT2D eigenvalue weighted by atomic mass is 10.1. The summed E-state index contributed by atoms with van der Waals surface area (Å²) in [6, 6.07) is 6.38. The van der Waals surface area contributed by atoms with E-state index < -0.39 is 5.97 Å². The van der Waals surface area contributed by atoms with Crippen molar-refractivity contribution in [2.75, 3.05) is 18.0 Å². The molecule has 0 radical (unpaired) electrons. The van der Waals surface area contributed by atoms with Crippen LogP contribution >= 0.6 is 0 Å². The van der Waals surface area contributed by atoms with Gasteiger partial charge in [-0.2, -0.15) is 0 Å². The zero-order valence-electron chi connectivity index (χ0n) is 12.6. The van der Waals surface area contributed by atoms with Gasteiger partial charge < -0.3 is 10.0 Å². The lowest BCUT2D eigenvalue weighted by Crippen LogP contribution is -2.28. The number of aliphatic carboxylic acids is 1. The van der Waals surface area contributed by atoms with Gasteiger partial charge in [0, 0.05) is 24.9 Å². The number of aryl methyl sites for hydroxylation is 1. The molecule has 0 unspecified atom stereocenters. The van der Waals surface area contributed by atoms with E-state index in [2.05, 4.69) is 24.0 Å². The Morgan fingerprint density at radius 1 is 1.24 bits per heavy atom. The molecule has 0 atom stereocenters. The Balaban J connectivity index is 1.75. The number of benzene rings is 1. The Morgan fingerprint density at radius 3 is 2.33 bits per heavy atom. The van der Waals surface area contributed by atoms with Gasteiger partial charge in [0.2, 0.25) is 0 Å². The highest BCUT2D eigenvalue weighted by atomic mass is 16.4. The molecular formula is C18H23NO2. The van der Waals surface area contributed by atoms with Gasteiger partial charge in [0.1, 0.15) is 0 Å². The third-order valence-corrected chi connectivity index (χ3v) is 4.38. The van der Waals surface area contributed by atoms with Crippen molar-refractivity contribution in [3.63, 3.8) is 0 Å². The van der Waals surface area contributed by atoms with Gasteiger partial charge in [0.25, 0.3) is 0 Å². The summed E-state index contributed by atoms with van der Waals surface area (Å²) in [6.45, 7) is 4.41. The number of carbonyl (C=O) groups is 1. The zero-order valence-corrected chi connectivity index (χ0v) is 12.6. The Kier molecular flexibility index (Phi) is 4.00. The number of hydrogen-bond acceptors (Lipinski definition) is 2. The molecule has 0 spiro atoms. The van der Waals surface area contributed by atoms with E-state index >= 15 is 0 Å². The van der Waals surface area contributed by atoms with Gasteiger partial charge in [-0.15, -0.1) is 0 Å². The Hall–Kier alpha value is -1.77. The maximum atomic E-state index is 10.6. The monoisotopic (exact) mass is 285 g/mol. The van der Waals surface area contributed by atoms with E-state index in [0.717, 1.165) is 23.0 Å². The summed E-state index contributed by atoms with van der Waals surface area (Å²) in [7, 11) is 0. The Morgan fingerprint density at radius 2 is 1.86 bits per heavy atom. The van der Waals surface area contributed by atoms with Crippen LogP contribution in [0.3, 0.4) is 0 Å². The lowest BCUT2D eigenvalue weighted by molar-refractivity contribution is -0.131. The Bertz CT molecular complexity index is 542.